The highest BCUT2D eigenvalue weighted by Gasteiger charge is 2.26. The molecule has 112 valence electrons. The van der Waals surface area contributed by atoms with Crippen LogP contribution in [0.4, 0.5) is 16.2 Å². The van der Waals surface area contributed by atoms with Crippen LogP contribution in [-0.4, -0.2) is 39.4 Å². The summed E-state index contributed by atoms with van der Waals surface area (Å²) in [4.78, 5) is 11.3. The molecule has 1 rings (SSSR count). The molecular weight excluding hydrogens is 286 g/mol. The van der Waals surface area contributed by atoms with Gasteiger partial charge in [-0.25, -0.2) is 13.8 Å². The van der Waals surface area contributed by atoms with Gasteiger partial charge in [0.05, 0.1) is 31.1 Å². The predicted octanol–water partition coefficient (Wildman–Crippen LogP) is 0.0584. The van der Waals surface area contributed by atoms with Crippen molar-refractivity contribution in [1.29, 1.82) is 0 Å². The minimum absolute atomic E-state index is 0.0365. The van der Waals surface area contributed by atoms with Gasteiger partial charge >= 0.3 is 16.3 Å². The molecule has 0 fully saturated rings. The maximum Gasteiger partial charge on any atom is 0.422 e. The summed E-state index contributed by atoms with van der Waals surface area (Å²) in [6.45, 7) is 0.905. The van der Waals surface area contributed by atoms with E-state index < -0.39 is 22.9 Å². The molecule has 4 N–H and O–H groups in total. The number of anilines is 2. The van der Waals surface area contributed by atoms with Gasteiger partial charge in [0.25, 0.3) is 0 Å². The third kappa shape index (κ3) is 4.00. The SMILES string of the molecule is CCOC(=O)NS(=O)(=O)N(CCO)c1ccccc1N. The van der Waals surface area contributed by atoms with Crippen LogP contribution >= 0.6 is 0 Å². The molecule has 0 atom stereocenters. The number of carbonyl (C=O) groups excluding carboxylic acids is 1. The van der Waals surface area contributed by atoms with E-state index in [4.69, 9.17) is 10.8 Å². The number of hydrogen-bond donors (Lipinski definition) is 3. The van der Waals surface area contributed by atoms with Crippen LogP contribution in [0.2, 0.25) is 0 Å². The van der Waals surface area contributed by atoms with Gasteiger partial charge in [-0.2, -0.15) is 8.42 Å². The summed E-state index contributed by atoms with van der Waals surface area (Å²) < 4.78 is 31.3. The molecule has 1 aromatic rings. The first-order chi connectivity index (χ1) is 9.42. The van der Waals surface area contributed by atoms with Crippen molar-refractivity contribution in [1.82, 2.24) is 4.72 Å². The molecule has 0 saturated carbocycles. The molecule has 0 radical (unpaired) electrons. The van der Waals surface area contributed by atoms with Gasteiger partial charge in [0.15, 0.2) is 0 Å². The number of para-hydroxylation sites is 2. The summed E-state index contributed by atoms with van der Waals surface area (Å²) in [6.07, 6.45) is -1.09. The van der Waals surface area contributed by atoms with Gasteiger partial charge in [0.1, 0.15) is 0 Å². The molecule has 20 heavy (non-hydrogen) atoms. The van der Waals surface area contributed by atoms with Gasteiger partial charge in [-0.15, -0.1) is 0 Å². The first-order valence-electron chi connectivity index (χ1n) is 5.85. The molecule has 0 heterocycles. The Morgan fingerprint density at radius 1 is 1.45 bits per heavy atom. The third-order valence-electron chi connectivity index (χ3n) is 2.29. The minimum atomic E-state index is -4.21. The molecule has 0 spiro atoms. The second-order valence-corrected chi connectivity index (χ2v) is 5.28. The number of benzene rings is 1. The van der Waals surface area contributed by atoms with Crippen LogP contribution in [-0.2, 0) is 14.9 Å². The lowest BCUT2D eigenvalue weighted by Crippen LogP contribution is -2.45. The van der Waals surface area contributed by atoms with Crippen LogP contribution in [0.15, 0.2) is 24.3 Å². The number of aliphatic hydroxyl groups is 1. The van der Waals surface area contributed by atoms with E-state index in [1.807, 2.05) is 0 Å². The molecule has 0 aliphatic rings. The number of hydrogen-bond acceptors (Lipinski definition) is 6. The zero-order valence-electron chi connectivity index (χ0n) is 10.9. The average molecular weight is 303 g/mol. The monoisotopic (exact) mass is 303 g/mol. The minimum Gasteiger partial charge on any atom is -0.449 e. The fraction of sp³-hybridized carbons (Fsp3) is 0.364. The summed E-state index contributed by atoms with van der Waals surface area (Å²) in [5, 5.41) is 9.00. The zero-order valence-corrected chi connectivity index (χ0v) is 11.8. The Hall–Kier alpha value is -2.00. The lowest BCUT2D eigenvalue weighted by molar-refractivity contribution is 0.158. The van der Waals surface area contributed by atoms with E-state index in [1.165, 1.54) is 12.1 Å². The van der Waals surface area contributed by atoms with Gasteiger partial charge in [-0.1, -0.05) is 12.1 Å². The van der Waals surface area contributed by atoms with Gasteiger partial charge in [0, 0.05) is 0 Å². The summed E-state index contributed by atoms with van der Waals surface area (Å²) in [5.74, 6) is 0. The Balaban J connectivity index is 3.07. The van der Waals surface area contributed by atoms with Crippen LogP contribution in [0.5, 0.6) is 0 Å². The number of carbonyl (C=O) groups is 1. The Kier molecular flexibility index (Phi) is 5.59. The van der Waals surface area contributed by atoms with Gasteiger partial charge in [0.2, 0.25) is 0 Å². The van der Waals surface area contributed by atoms with Crippen molar-refractivity contribution < 1.29 is 23.1 Å². The molecule has 0 aliphatic heterocycles. The number of aliphatic hydroxyl groups excluding tert-OH is 1. The number of amides is 1. The van der Waals surface area contributed by atoms with E-state index in [0.717, 1.165) is 4.31 Å². The third-order valence-corrected chi connectivity index (χ3v) is 3.67. The second-order valence-electron chi connectivity index (χ2n) is 3.68. The smallest absolute Gasteiger partial charge is 0.422 e. The molecule has 9 heteroatoms. The topological polar surface area (TPSA) is 122 Å². The van der Waals surface area contributed by atoms with E-state index in [1.54, 1.807) is 23.8 Å². The van der Waals surface area contributed by atoms with Crippen molar-refractivity contribution in [2.75, 3.05) is 29.8 Å². The van der Waals surface area contributed by atoms with Crippen molar-refractivity contribution in [3.05, 3.63) is 24.3 Å². The molecule has 0 unspecified atom stereocenters. The van der Waals surface area contributed by atoms with Crippen LogP contribution < -0.4 is 14.8 Å². The fourth-order valence-electron chi connectivity index (χ4n) is 1.50. The predicted molar refractivity (Wildman–Crippen MR) is 74.4 cm³/mol. The molecule has 1 aromatic carbocycles. The highest BCUT2D eigenvalue weighted by molar-refractivity contribution is 7.91. The first-order valence-corrected chi connectivity index (χ1v) is 7.29. The van der Waals surface area contributed by atoms with E-state index in [-0.39, 0.29) is 24.5 Å². The fourth-order valence-corrected chi connectivity index (χ4v) is 2.62. The van der Waals surface area contributed by atoms with Gasteiger partial charge in [-0.05, 0) is 19.1 Å². The van der Waals surface area contributed by atoms with E-state index in [2.05, 4.69) is 4.74 Å². The molecule has 8 nitrogen and oxygen atoms in total. The number of nitrogen functional groups attached to an aromatic ring is 1. The van der Waals surface area contributed by atoms with E-state index in [0.29, 0.717) is 0 Å². The molecule has 0 aromatic heterocycles. The van der Waals surface area contributed by atoms with Crippen LogP contribution in [0, 0.1) is 0 Å². The zero-order chi connectivity index (χ0) is 15.2. The number of ether oxygens (including phenoxy) is 1. The molecule has 0 bridgehead atoms. The summed E-state index contributed by atoms with van der Waals surface area (Å²) in [6, 6.07) is 6.21. The number of rotatable bonds is 6. The summed E-state index contributed by atoms with van der Waals surface area (Å²) >= 11 is 0. The molecular formula is C11H17N3O5S. The van der Waals surface area contributed by atoms with Gasteiger partial charge in [-0.3, -0.25) is 0 Å². The van der Waals surface area contributed by atoms with Gasteiger partial charge < -0.3 is 15.6 Å². The van der Waals surface area contributed by atoms with E-state index in [9.17, 15) is 13.2 Å². The van der Waals surface area contributed by atoms with Crippen molar-refractivity contribution in [2.45, 2.75) is 6.92 Å². The first kappa shape index (κ1) is 16.1. The second kappa shape index (κ2) is 6.96. The maximum atomic E-state index is 12.1. The van der Waals surface area contributed by atoms with Crippen LogP contribution in [0.1, 0.15) is 6.92 Å². The van der Waals surface area contributed by atoms with Crippen LogP contribution in [0.25, 0.3) is 0 Å². The highest BCUT2D eigenvalue weighted by atomic mass is 32.2. The molecule has 1 amide bonds. The molecule has 0 saturated heterocycles. The lowest BCUT2D eigenvalue weighted by Gasteiger charge is -2.24. The van der Waals surface area contributed by atoms with Crippen molar-refractivity contribution in [2.24, 2.45) is 0 Å². The number of nitrogens with zero attached hydrogens (tertiary/aromatic N) is 1. The Morgan fingerprint density at radius 2 is 2.10 bits per heavy atom. The number of nitrogens with one attached hydrogen (secondary N) is 1. The Morgan fingerprint density at radius 3 is 2.65 bits per heavy atom. The quantitative estimate of drug-likeness (QED) is 0.639. The van der Waals surface area contributed by atoms with Crippen LogP contribution in [0.3, 0.4) is 0 Å². The molecule has 0 aliphatic carbocycles. The van der Waals surface area contributed by atoms with E-state index >= 15 is 0 Å². The Bertz CT molecular complexity index is 561. The van der Waals surface area contributed by atoms with Crippen molar-refractivity contribution in [3.8, 4) is 0 Å². The lowest BCUT2D eigenvalue weighted by atomic mass is 10.3. The number of nitrogens with two attached hydrogens (primary N) is 1. The highest BCUT2D eigenvalue weighted by Crippen LogP contribution is 2.24. The standard InChI is InChI=1S/C11H17N3O5S/c1-2-19-11(16)13-20(17,18)14(7-8-15)10-6-4-3-5-9(10)12/h3-6,15H,2,7-8,12H2,1H3,(H,13,16). The van der Waals surface area contributed by atoms with Crippen molar-refractivity contribution >= 4 is 27.7 Å². The maximum absolute atomic E-state index is 12.1. The van der Waals surface area contributed by atoms with Crippen molar-refractivity contribution in [3.63, 3.8) is 0 Å². The average Bonchev–Trinajstić information content (AvgIpc) is 2.36. The normalized spacial score (nSPS) is 10.9. The summed E-state index contributed by atoms with van der Waals surface area (Å²) in [7, 11) is -4.21. The largest absolute Gasteiger partial charge is 0.449 e. The Labute approximate surface area is 117 Å². The summed E-state index contributed by atoms with van der Waals surface area (Å²) in [5.41, 5.74) is 6.08.